The Morgan fingerprint density at radius 1 is 1.82 bits per heavy atom. The molecule has 0 fully saturated rings. The summed E-state index contributed by atoms with van der Waals surface area (Å²) in [5.41, 5.74) is -0.423. The van der Waals surface area contributed by atoms with Gasteiger partial charge in [0.15, 0.2) is 5.15 Å². The quantitative estimate of drug-likeness (QED) is 0.667. The molecule has 0 aliphatic heterocycles. The summed E-state index contributed by atoms with van der Waals surface area (Å²) in [7, 11) is 0. The van der Waals surface area contributed by atoms with Gasteiger partial charge in [0.05, 0.1) is 12.9 Å². The summed E-state index contributed by atoms with van der Waals surface area (Å²) >= 11 is 8.66. The van der Waals surface area contributed by atoms with Gasteiger partial charge in [0, 0.05) is 0 Å². The maximum atomic E-state index is 11.8. The highest BCUT2D eigenvalue weighted by atomic mass is 79.9. The Labute approximate surface area is 111 Å². The van der Waals surface area contributed by atoms with E-state index in [0.717, 1.165) is 0 Å². The summed E-state index contributed by atoms with van der Waals surface area (Å²) in [6.45, 7) is 1.68. The van der Waals surface area contributed by atoms with E-state index in [1.54, 1.807) is 6.92 Å². The number of rotatable bonds is 3. The van der Waals surface area contributed by atoms with E-state index in [4.69, 9.17) is 18.0 Å². The minimum Gasteiger partial charge on any atom is -0.343 e. The van der Waals surface area contributed by atoms with Gasteiger partial charge in [-0.15, -0.1) is 6.42 Å². The Balaban J connectivity index is 3.02. The fourth-order valence-corrected chi connectivity index (χ4v) is 1.54. The van der Waals surface area contributed by atoms with Crippen LogP contribution in [0.4, 0.5) is 0 Å². The van der Waals surface area contributed by atoms with Crippen molar-refractivity contribution in [3.8, 4) is 12.3 Å². The van der Waals surface area contributed by atoms with Crippen LogP contribution in [0.2, 0.25) is 5.15 Å². The summed E-state index contributed by atoms with van der Waals surface area (Å²) in [4.78, 5) is 27.2. The maximum Gasteiger partial charge on any atom is 0.269 e. The summed E-state index contributed by atoms with van der Waals surface area (Å²) < 4.78 is 1.29. The molecule has 0 aliphatic rings. The smallest absolute Gasteiger partial charge is 0.269 e. The molecule has 7 heteroatoms. The lowest BCUT2D eigenvalue weighted by molar-refractivity contribution is -0.123. The molecular formula is C10H9BrClN3O2. The first-order valence-electron chi connectivity index (χ1n) is 4.62. The molecule has 1 unspecified atom stereocenters. The van der Waals surface area contributed by atoms with E-state index in [1.807, 2.05) is 0 Å². The minimum absolute atomic E-state index is 0.0579. The molecule has 1 aromatic heterocycles. The largest absolute Gasteiger partial charge is 0.343 e. The Morgan fingerprint density at radius 2 is 2.47 bits per heavy atom. The molecule has 1 N–H and O–H groups in total. The second-order valence-corrected chi connectivity index (χ2v) is 4.31. The van der Waals surface area contributed by atoms with Gasteiger partial charge in [0.1, 0.15) is 10.5 Å². The van der Waals surface area contributed by atoms with Crippen molar-refractivity contribution in [2.24, 2.45) is 0 Å². The molecule has 17 heavy (non-hydrogen) atoms. The number of terminal acetylenes is 1. The third-order valence-electron chi connectivity index (χ3n) is 2.06. The molecule has 1 rings (SSSR count). The van der Waals surface area contributed by atoms with Gasteiger partial charge in [-0.1, -0.05) is 17.5 Å². The van der Waals surface area contributed by atoms with Crippen LogP contribution >= 0.6 is 27.5 Å². The first kappa shape index (κ1) is 13.7. The highest BCUT2D eigenvalue weighted by Gasteiger charge is 2.17. The van der Waals surface area contributed by atoms with E-state index in [0.29, 0.717) is 0 Å². The maximum absolute atomic E-state index is 11.8. The van der Waals surface area contributed by atoms with Crippen LogP contribution in [-0.2, 0) is 4.79 Å². The normalized spacial score (nSPS) is 11.6. The van der Waals surface area contributed by atoms with Gasteiger partial charge >= 0.3 is 0 Å². The molecule has 5 nitrogen and oxygen atoms in total. The Hall–Kier alpha value is -1.32. The zero-order valence-electron chi connectivity index (χ0n) is 8.91. The zero-order valence-corrected chi connectivity index (χ0v) is 11.2. The Morgan fingerprint density at radius 3 is 3.06 bits per heavy atom. The number of amides is 1. The van der Waals surface area contributed by atoms with Crippen molar-refractivity contribution in [2.45, 2.75) is 13.0 Å². The SMILES string of the molecule is C#CCNC(=O)C(C)n1cnc(Cl)c(Br)c1=O. The number of hydrogen-bond donors (Lipinski definition) is 1. The van der Waals surface area contributed by atoms with E-state index < -0.39 is 11.6 Å². The van der Waals surface area contributed by atoms with Crippen LogP contribution in [-0.4, -0.2) is 22.0 Å². The fourth-order valence-electron chi connectivity index (χ4n) is 1.11. The number of nitrogens with one attached hydrogen (secondary N) is 1. The minimum atomic E-state index is -0.711. The molecule has 1 amide bonds. The Kier molecular flexibility index (Phi) is 4.73. The van der Waals surface area contributed by atoms with Gasteiger partial charge in [-0.3, -0.25) is 14.2 Å². The summed E-state index contributed by atoms with van der Waals surface area (Å²) in [6, 6.07) is -0.711. The van der Waals surface area contributed by atoms with Crippen LogP contribution in [0, 0.1) is 12.3 Å². The number of hydrogen-bond acceptors (Lipinski definition) is 3. The monoisotopic (exact) mass is 317 g/mol. The van der Waals surface area contributed by atoms with E-state index in [-0.39, 0.29) is 22.1 Å². The molecule has 90 valence electrons. The van der Waals surface area contributed by atoms with Crippen molar-refractivity contribution >= 4 is 33.4 Å². The van der Waals surface area contributed by atoms with Gasteiger partial charge < -0.3 is 5.32 Å². The highest BCUT2D eigenvalue weighted by molar-refractivity contribution is 9.10. The summed E-state index contributed by atoms with van der Waals surface area (Å²) in [5.74, 6) is 1.91. The highest BCUT2D eigenvalue weighted by Crippen LogP contribution is 2.15. The van der Waals surface area contributed by atoms with E-state index in [1.165, 1.54) is 10.9 Å². The molecule has 0 aromatic carbocycles. The van der Waals surface area contributed by atoms with Crippen LogP contribution in [0.1, 0.15) is 13.0 Å². The summed E-state index contributed by atoms with van der Waals surface area (Å²) in [5, 5.41) is 2.54. The number of carbonyl (C=O) groups is 1. The molecule has 1 aromatic rings. The topological polar surface area (TPSA) is 64.0 Å². The van der Waals surface area contributed by atoms with Crippen LogP contribution < -0.4 is 10.9 Å². The average molecular weight is 319 g/mol. The van der Waals surface area contributed by atoms with Gasteiger partial charge in [-0.25, -0.2) is 4.98 Å². The first-order valence-corrected chi connectivity index (χ1v) is 5.79. The second kappa shape index (κ2) is 5.84. The third-order valence-corrected chi connectivity index (χ3v) is 3.29. The predicted molar refractivity (Wildman–Crippen MR) is 67.8 cm³/mol. The fraction of sp³-hybridized carbons (Fsp3) is 0.300. The number of carbonyl (C=O) groups excluding carboxylic acids is 1. The average Bonchev–Trinajstić information content (AvgIpc) is 2.32. The van der Waals surface area contributed by atoms with Gasteiger partial charge in [0.2, 0.25) is 5.91 Å². The van der Waals surface area contributed by atoms with Gasteiger partial charge in [0.25, 0.3) is 5.56 Å². The van der Waals surface area contributed by atoms with Gasteiger partial charge in [-0.2, -0.15) is 0 Å². The lowest BCUT2D eigenvalue weighted by Crippen LogP contribution is -2.36. The standard InChI is InChI=1S/C10H9BrClN3O2/c1-3-4-13-9(16)6(2)15-5-14-8(12)7(11)10(15)17/h1,5-6H,4H2,2H3,(H,13,16). The van der Waals surface area contributed by atoms with Crippen molar-refractivity contribution in [3.05, 3.63) is 26.3 Å². The van der Waals surface area contributed by atoms with Crippen LogP contribution in [0.25, 0.3) is 0 Å². The molecule has 0 spiro atoms. The van der Waals surface area contributed by atoms with Crippen LogP contribution in [0.15, 0.2) is 15.6 Å². The number of nitrogens with zero attached hydrogens (tertiary/aromatic N) is 2. The Bertz CT molecular complexity index is 535. The second-order valence-electron chi connectivity index (χ2n) is 3.16. The van der Waals surface area contributed by atoms with Crippen molar-refractivity contribution < 1.29 is 4.79 Å². The third kappa shape index (κ3) is 3.08. The molecular weight excluding hydrogens is 309 g/mol. The lowest BCUT2D eigenvalue weighted by atomic mass is 10.3. The zero-order chi connectivity index (χ0) is 13.0. The molecule has 1 atom stereocenters. The van der Waals surface area contributed by atoms with Crippen LogP contribution in [0.5, 0.6) is 0 Å². The molecule has 0 saturated carbocycles. The molecule has 1 heterocycles. The molecule has 0 saturated heterocycles. The van der Waals surface area contributed by atoms with Crippen molar-refractivity contribution in [1.82, 2.24) is 14.9 Å². The number of aromatic nitrogens is 2. The van der Waals surface area contributed by atoms with Crippen molar-refractivity contribution in [1.29, 1.82) is 0 Å². The van der Waals surface area contributed by atoms with Crippen molar-refractivity contribution in [2.75, 3.05) is 6.54 Å². The molecule has 0 radical (unpaired) electrons. The first-order chi connectivity index (χ1) is 7.99. The van der Waals surface area contributed by atoms with E-state index in [2.05, 4.69) is 32.2 Å². The molecule has 0 bridgehead atoms. The van der Waals surface area contributed by atoms with E-state index >= 15 is 0 Å². The van der Waals surface area contributed by atoms with Crippen LogP contribution in [0.3, 0.4) is 0 Å². The van der Waals surface area contributed by atoms with Crippen molar-refractivity contribution in [3.63, 3.8) is 0 Å². The molecule has 0 aliphatic carbocycles. The number of halogens is 2. The summed E-state index contributed by atoms with van der Waals surface area (Å²) in [6.07, 6.45) is 6.24. The van der Waals surface area contributed by atoms with Gasteiger partial charge in [-0.05, 0) is 22.9 Å². The van der Waals surface area contributed by atoms with E-state index in [9.17, 15) is 9.59 Å². The predicted octanol–water partition coefficient (Wildman–Crippen LogP) is 0.970. The lowest BCUT2D eigenvalue weighted by Gasteiger charge is -2.14.